The van der Waals surface area contributed by atoms with Crippen LogP contribution in [0.1, 0.15) is 12.5 Å². The van der Waals surface area contributed by atoms with Gasteiger partial charge in [0, 0.05) is 6.42 Å². The number of ether oxygens (including phenoxy) is 3. The predicted molar refractivity (Wildman–Crippen MR) is 66.7 cm³/mol. The molecular formula is C14H18O3. The quantitative estimate of drug-likeness (QED) is 0.579. The number of benzene rings is 1. The van der Waals surface area contributed by atoms with Crippen LogP contribution < -0.4 is 9.47 Å². The molecule has 2 rings (SSSR count). The molecule has 1 aromatic rings. The van der Waals surface area contributed by atoms with Crippen molar-refractivity contribution in [1.82, 2.24) is 0 Å². The van der Waals surface area contributed by atoms with Gasteiger partial charge in [-0.3, -0.25) is 0 Å². The van der Waals surface area contributed by atoms with Crippen LogP contribution in [0.4, 0.5) is 0 Å². The van der Waals surface area contributed by atoms with Crippen LogP contribution in [0.15, 0.2) is 30.9 Å². The fraction of sp³-hybridized carbons (Fsp3) is 0.429. The van der Waals surface area contributed by atoms with E-state index in [-0.39, 0.29) is 11.7 Å². The molecule has 92 valence electrons. The molecule has 1 aliphatic rings. The summed E-state index contributed by atoms with van der Waals surface area (Å²) in [6.07, 6.45) is 2.94. The van der Waals surface area contributed by atoms with Gasteiger partial charge in [0.25, 0.3) is 0 Å². The molecule has 0 spiro atoms. The topological polar surface area (TPSA) is 31.0 Å². The Hall–Kier alpha value is -1.48. The van der Waals surface area contributed by atoms with E-state index >= 15 is 0 Å². The first-order valence-electron chi connectivity index (χ1n) is 5.65. The lowest BCUT2D eigenvalue weighted by molar-refractivity contribution is 0.341. The van der Waals surface area contributed by atoms with Gasteiger partial charge in [-0.25, -0.2) is 0 Å². The average molecular weight is 234 g/mol. The van der Waals surface area contributed by atoms with Crippen molar-refractivity contribution >= 4 is 0 Å². The van der Waals surface area contributed by atoms with Gasteiger partial charge in [-0.1, -0.05) is 12.1 Å². The van der Waals surface area contributed by atoms with E-state index in [1.165, 1.54) is 5.56 Å². The van der Waals surface area contributed by atoms with E-state index in [2.05, 4.69) is 6.58 Å². The molecule has 17 heavy (non-hydrogen) atoms. The first-order chi connectivity index (χ1) is 8.12. The molecule has 0 N–H and O–H groups in total. The zero-order chi connectivity index (χ0) is 12.5. The Morgan fingerprint density at radius 1 is 1.35 bits per heavy atom. The van der Waals surface area contributed by atoms with Crippen molar-refractivity contribution in [2.24, 2.45) is 0 Å². The third-order valence-electron chi connectivity index (χ3n) is 3.25. The van der Waals surface area contributed by atoms with E-state index in [1.54, 1.807) is 14.2 Å². The molecule has 0 saturated carbocycles. The minimum absolute atomic E-state index is 0.160. The van der Waals surface area contributed by atoms with Gasteiger partial charge in [0.05, 0.1) is 20.3 Å². The summed E-state index contributed by atoms with van der Waals surface area (Å²) in [5.74, 6) is 1.51. The first-order valence-corrected chi connectivity index (χ1v) is 5.65. The summed E-state index contributed by atoms with van der Waals surface area (Å²) in [5.41, 5.74) is 1.02. The SMILES string of the molecule is C=CC1(C)OC1Cc1ccc(OC)c(OC)c1. The molecule has 1 aliphatic heterocycles. The maximum Gasteiger partial charge on any atom is 0.160 e. The molecule has 0 aliphatic carbocycles. The number of hydrogen-bond donors (Lipinski definition) is 0. The van der Waals surface area contributed by atoms with Gasteiger partial charge in [0.1, 0.15) is 5.60 Å². The molecule has 1 heterocycles. The fourth-order valence-corrected chi connectivity index (χ4v) is 1.92. The van der Waals surface area contributed by atoms with Crippen molar-refractivity contribution in [2.75, 3.05) is 14.2 Å². The van der Waals surface area contributed by atoms with Crippen molar-refractivity contribution in [3.63, 3.8) is 0 Å². The molecule has 1 fully saturated rings. The monoisotopic (exact) mass is 234 g/mol. The van der Waals surface area contributed by atoms with Crippen LogP contribution in [-0.4, -0.2) is 25.9 Å². The van der Waals surface area contributed by atoms with Gasteiger partial charge in [-0.15, -0.1) is 6.58 Å². The van der Waals surface area contributed by atoms with Crippen LogP contribution in [0, 0.1) is 0 Å². The molecule has 0 radical (unpaired) electrons. The summed E-state index contributed by atoms with van der Waals surface area (Å²) in [6.45, 7) is 5.82. The van der Waals surface area contributed by atoms with E-state index in [4.69, 9.17) is 14.2 Å². The smallest absolute Gasteiger partial charge is 0.160 e. The number of hydrogen-bond acceptors (Lipinski definition) is 3. The maximum atomic E-state index is 5.60. The molecule has 0 bridgehead atoms. The zero-order valence-electron chi connectivity index (χ0n) is 10.5. The van der Waals surface area contributed by atoms with Crippen molar-refractivity contribution in [3.8, 4) is 11.5 Å². The Morgan fingerprint density at radius 3 is 2.59 bits per heavy atom. The number of rotatable bonds is 5. The van der Waals surface area contributed by atoms with Crippen molar-refractivity contribution in [2.45, 2.75) is 25.0 Å². The first kappa shape index (κ1) is 12.0. The molecular weight excluding hydrogens is 216 g/mol. The average Bonchev–Trinajstić information content (AvgIpc) is 3.00. The van der Waals surface area contributed by atoms with E-state index in [9.17, 15) is 0 Å². The van der Waals surface area contributed by atoms with Crippen molar-refractivity contribution in [3.05, 3.63) is 36.4 Å². The minimum atomic E-state index is -0.160. The Labute approximate surface area is 102 Å². The van der Waals surface area contributed by atoms with Gasteiger partial charge in [-0.2, -0.15) is 0 Å². The number of epoxide rings is 1. The number of methoxy groups -OCH3 is 2. The Balaban J connectivity index is 2.10. The summed E-state index contributed by atoms with van der Waals surface area (Å²) in [6, 6.07) is 5.94. The van der Waals surface area contributed by atoms with Crippen LogP contribution in [0.2, 0.25) is 0 Å². The third kappa shape index (κ3) is 2.29. The van der Waals surface area contributed by atoms with Crippen LogP contribution >= 0.6 is 0 Å². The second-order valence-corrected chi connectivity index (χ2v) is 4.39. The molecule has 1 saturated heterocycles. The van der Waals surface area contributed by atoms with Gasteiger partial charge >= 0.3 is 0 Å². The summed E-state index contributed by atoms with van der Waals surface area (Å²) < 4.78 is 16.1. The lowest BCUT2D eigenvalue weighted by Gasteiger charge is -2.09. The lowest BCUT2D eigenvalue weighted by atomic mass is 10.0. The van der Waals surface area contributed by atoms with E-state index in [0.29, 0.717) is 0 Å². The second-order valence-electron chi connectivity index (χ2n) is 4.39. The standard InChI is InChI=1S/C14H18O3/c1-5-14(2)13(17-14)9-10-6-7-11(15-3)12(8-10)16-4/h5-8,13H,1,9H2,2-4H3. The highest BCUT2D eigenvalue weighted by Crippen LogP contribution is 2.40. The molecule has 2 unspecified atom stereocenters. The highest BCUT2D eigenvalue weighted by atomic mass is 16.6. The largest absolute Gasteiger partial charge is 0.493 e. The molecule has 2 atom stereocenters. The van der Waals surface area contributed by atoms with Gasteiger partial charge in [0.15, 0.2) is 11.5 Å². The summed E-state index contributed by atoms with van der Waals surface area (Å²) in [5, 5.41) is 0. The van der Waals surface area contributed by atoms with E-state index in [0.717, 1.165) is 17.9 Å². The van der Waals surface area contributed by atoms with E-state index in [1.807, 2.05) is 31.2 Å². The Morgan fingerprint density at radius 2 is 2.06 bits per heavy atom. The fourth-order valence-electron chi connectivity index (χ4n) is 1.92. The molecule has 0 amide bonds. The second kappa shape index (κ2) is 4.41. The van der Waals surface area contributed by atoms with Crippen molar-refractivity contribution < 1.29 is 14.2 Å². The highest BCUT2D eigenvalue weighted by molar-refractivity contribution is 5.43. The Bertz CT molecular complexity index is 427. The molecule has 3 nitrogen and oxygen atoms in total. The minimum Gasteiger partial charge on any atom is -0.493 e. The van der Waals surface area contributed by atoms with Crippen molar-refractivity contribution in [1.29, 1.82) is 0 Å². The molecule has 3 heteroatoms. The van der Waals surface area contributed by atoms with Crippen LogP contribution in [-0.2, 0) is 11.2 Å². The van der Waals surface area contributed by atoms with Crippen LogP contribution in [0.5, 0.6) is 11.5 Å². The maximum absolute atomic E-state index is 5.60. The van der Waals surface area contributed by atoms with Gasteiger partial charge < -0.3 is 14.2 Å². The normalized spacial score (nSPS) is 26.4. The van der Waals surface area contributed by atoms with Crippen LogP contribution in [0.3, 0.4) is 0 Å². The molecule has 1 aromatic carbocycles. The van der Waals surface area contributed by atoms with Gasteiger partial charge in [0.2, 0.25) is 0 Å². The van der Waals surface area contributed by atoms with Gasteiger partial charge in [-0.05, 0) is 24.6 Å². The van der Waals surface area contributed by atoms with E-state index < -0.39 is 0 Å². The summed E-state index contributed by atoms with van der Waals surface area (Å²) >= 11 is 0. The lowest BCUT2D eigenvalue weighted by Crippen LogP contribution is -2.07. The summed E-state index contributed by atoms with van der Waals surface area (Å²) in [4.78, 5) is 0. The highest BCUT2D eigenvalue weighted by Gasteiger charge is 2.49. The predicted octanol–water partition coefficient (Wildman–Crippen LogP) is 2.59. The van der Waals surface area contributed by atoms with Crippen LogP contribution in [0.25, 0.3) is 0 Å². The Kier molecular flexibility index (Phi) is 3.11. The zero-order valence-corrected chi connectivity index (χ0v) is 10.5. The molecule has 0 aromatic heterocycles. The summed E-state index contributed by atoms with van der Waals surface area (Å²) in [7, 11) is 3.28. The third-order valence-corrected chi connectivity index (χ3v) is 3.25.